The average molecular weight is 454 g/mol. The zero-order chi connectivity index (χ0) is 22.9. The van der Waals surface area contributed by atoms with Crippen LogP contribution in [0.1, 0.15) is 22.5 Å². The van der Waals surface area contributed by atoms with Gasteiger partial charge in [0.15, 0.2) is 5.69 Å². The third-order valence-corrected chi connectivity index (χ3v) is 4.95. The fraction of sp³-hybridized carbons (Fsp3) is 0.217. The maximum Gasteiger partial charge on any atom is 0.230 e. The first-order valence-electron chi connectivity index (χ1n) is 9.81. The van der Waals surface area contributed by atoms with Crippen LogP contribution in [0.15, 0.2) is 48.8 Å². The molecule has 0 atom stereocenters. The number of amides is 1. The highest BCUT2D eigenvalue weighted by Gasteiger charge is 2.13. The van der Waals surface area contributed by atoms with Crippen molar-refractivity contribution < 1.29 is 13.9 Å². The van der Waals surface area contributed by atoms with Gasteiger partial charge in [-0.05, 0) is 48.4 Å². The summed E-state index contributed by atoms with van der Waals surface area (Å²) in [6.07, 6.45) is 3.32. The summed E-state index contributed by atoms with van der Waals surface area (Å²) < 4.78 is 18.7. The molecule has 3 aromatic rings. The van der Waals surface area contributed by atoms with Gasteiger partial charge in [0.1, 0.15) is 17.6 Å². The molecule has 1 heterocycles. The van der Waals surface area contributed by atoms with E-state index in [-0.39, 0.29) is 23.8 Å². The number of aromatic nitrogens is 2. The molecule has 32 heavy (non-hydrogen) atoms. The van der Waals surface area contributed by atoms with Gasteiger partial charge in [-0.1, -0.05) is 23.7 Å². The molecule has 0 fully saturated rings. The maximum atomic E-state index is 13.3. The van der Waals surface area contributed by atoms with Gasteiger partial charge < -0.3 is 15.4 Å². The molecule has 9 heteroatoms. The average Bonchev–Trinajstić information content (AvgIpc) is 2.78. The highest BCUT2D eigenvalue weighted by molar-refractivity contribution is 6.31. The normalized spacial score (nSPS) is 10.4. The van der Waals surface area contributed by atoms with Gasteiger partial charge in [-0.2, -0.15) is 5.26 Å². The number of nitrogens with zero attached hydrogens (tertiary/aromatic N) is 3. The van der Waals surface area contributed by atoms with Gasteiger partial charge >= 0.3 is 0 Å². The number of nitriles is 1. The van der Waals surface area contributed by atoms with Gasteiger partial charge in [-0.25, -0.2) is 9.37 Å². The van der Waals surface area contributed by atoms with Gasteiger partial charge in [0.25, 0.3) is 0 Å². The molecule has 0 unspecified atom stereocenters. The van der Waals surface area contributed by atoms with E-state index in [9.17, 15) is 9.18 Å². The van der Waals surface area contributed by atoms with Crippen molar-refractivity contribution in [3.05, 3.63) is 82.1 Å². The van der Waals surface area contributed by atoms with Crippen molar-refractivity contribution in [2.45, 2.75) is 19.4 Å². The van der Waals surface area contributed by atoms with E-state index >= 15 is 0 Å². The lowest BCUT2D eigenvalue weighted by atomic mass is 10.1. The molecule has 2 N–H and O–H groups in total. The molecule has 0 spiro atoms. The monoisotopic (exact) mass is 453 g/mol. The molecule has 7 nitrogen and oxygen atoms in total. The zero-order valence-electron chi connectivity index (χ0n) is 17.4. The van der Waals surface area contributed by atoms with Crippen LogP contribution in [0.5, 0.6) is 5.75 Å². The molecule has 0 saturated heterocycles. The molecule has 2 aromatic carbocycles. The van der Waals surface area contributed by atoms with Crippen LogP contribution in [0.2, 0.25) is 5.02 Å². The first-order chi connectivity index (χ1) is 15.5. The number of hydrogen-bond donors (Lipinski definition) is 2. The van der Waals surface area contributed by atoms with E-state index in [1.54, 1.807) is 18.2 Å². The third kappa shape index (κ3) is 6.48. The van der Waals surface area contributed by atoms with Crippen LogP contribution in [-0.4, -0.2) is 29.5 Å². The highest BCUT2D eigenvalue weighted by atomic mass is 35.5. The van der Waals surface area contributed by atoms with Crippen molar-refractivity contribution in [1.29, 1.82) is 5.26 Å². The molecular weight excluding hydrogens is 433 g/mol. The van der Waals surface area contributed by atoms with E-state index in [0.29, 0.717) is 41.7 Å². The first-order valence-corrected chi connectivity index (χ1v) is 10.2. The molecule has 3 rings (SSSR count). The van der Waals surface area contributed by atoms with Crippen molar-refractivity contribution in [2.24, 2.45) is 0 Å². The van der Waals surface area contributed by atoms with Gasteiger partial charge in [0.05, 0.1) is 37.3 Å². The summed E-state index contributed by atoms with van der Waals surface area (Å²) in [5, 5.41) is 15.3. The second kappa shape index (κ2) is 11.2. The molecule has 0 aliphatic rings. The second-order valence-electron chi connectivity index (χ2n) is 6.93. The van der Waals surface area contributed by atoms with E-state index in [2.05, 4.69) is 20.6 Å². The van der Waals surface area contributed by atoms with E-state index in [1.807, 2.05) is 12.1 Å². The lowest BCUT2D eigenvalue weighted by Gasteiger charge is -2.14. The summed E-state index contributed by atoms with van der Waals surface area (Å²) in [4.78, 5) is 20.3. The van der Waals surface area contributed by atoms with E-state index in [0.717, 1.165) is 11.1 Å². The zero-order valence-corrected chi connectivity index (χ0v) is 18.1. The Kier molecular flexibility index (Phi) is 8.08. The van der Waals surface area contributed by atoms with Gasteiger partial charge in [0.2, 0.25) is 5.91 Å². The first kappa shape index (κ1) is 23.1. The van der Waals surface area contributed by atoms with Crippen molar-refractivity contribution >= 4 is 23.2 Å². The Morgan fingerprint density at radius 3 is 2.78 bits per heavy atom. The number of halogens is 2. The summed E-state index contributed by atoms with van der Waals surface area (Å²) in [6, 6.07) is 11.7. The van der Waals surface area contributed by atoms with Crippen molar-refractivity contribution in [3.8, 4) is 11.8 Å². The van der Waals surface area contributed by atoms with E-state index < -0.39 is 0 Å². The molecule has 0 saturated carbocycles. The number of anilines is 1. The SMILES string of the molecule is COc1cc(CCNCc2cccc(F)c2)c(Cl)cc1NC(=O)Cc1cnc(C#N)cn1. The maximum absolute atomic E-state index is 13.3. The van der Waals surface area contributed by atoms with E-state index in [1.165, 1.54) is 31.6 Å². The molecule has 1 aromatic heterocycles. The second-order valence-corrected chi connectivity index (χ2v) is 7.34. The molecule has 164 valence electrons. The predicted octanol–water partition coefficient (Wildman–Crippen LogP) is 3.66. The van der Waals surface area contributed by atoms with Crippen LogP contribution in [0.3, 0.4) is 0 Å². The summed E-state index contributed by atoms with van der Waals surface area (Å²) in [5.74, 6) is -0.0994. The topological polar surface area (TPSA) is 99.9 Å². The standard InChI is InChI=1S/C23H21ClFN5O2/c1-32-22-8-16(5-6-27-12-15-3-2-4-17(25)7-15)20(24)10-21(22)30-23(31)9-18-13-29-19(11-26)14-28-18/h2-4,7-8,10,13-14,27H,5-6,9,12H2,1H3,(H,30,31). The minimum Gasteiger partial charge on any atom is -0.495 e. The van der Waals surface area contributed by atoms with Crippen LogP contribution >= 0.6 is 11.6 Å². The van der Waals surface area contributed by atoms with Crippen LogP contribution in [0.4, 0.5) is 10.1 Å². The van der Waals surface area contributed by atoms with Crippen molar-refractivity contribution in [1.82, 2.24) is 15.3 Å². The Labute approximate surface area is 190 Å². The number of benzene rings is 2. The Morgan fingerprint density at radius 1 is 1.25 bits per heavy atom. The summed E-state index contributed by atoms with van der Waals surface area (Å²) in [5.41, 5.74) is 2.78. The van der Waals surface area contributed by atoms with Crippen molar-refractivity contribution in [2.75, 3.05) is 19.0 Å². The fourth-order valence-electron chi connectivity index (χ4n) is 3.02. The van der Waals surface area contributed by atoms with E-state index in [4.69, 9.17) is 21.6 Å². The molecule has 0 bridgehead atoms. The number of hydrogen-bond acceptors (Lipinski definition) is 6. The molecule has 1 amide bonds. The largest absolute Gasteiger partial charge is 0.495 e. The van der Waals surface area contributed by atoms with Crippen molar-refractivity contribution in [3.63, 3.8) is 0 Å². The molecule has 0 radical (unpaired) electrons. The summed E-state index contributed by atoms with van der Waals surface area (Å²) in [6.45, 7) is 1.17. The smallest absolute Gasteiger partial charge is 0.230 e. The lowest BCUT2D eigenvalue weighted by molar-refractivity contribution is -0.115. The lowest BCUT2D eigenvalue weighted by Crippen LogP contribution is -2.18. The number of methoxy groups -OCH3 is 1. The quantitative estimate of drug-likeness (QED) is 0.479. The number of carbonyl (C=O) groups is 1. The van der Waals surface area contributed by atoms with Crippen LogP contribution in [0, 0.1) is 17.1 Å². The Bertz CT molecular complexity index is 1130. The molecular formula is C23H21ClFN5O2. The van der Waals surface area contributed by atoms with Gasteiger partial charge in [0, 0.05) is 11.6 Å². The van der Waals surface area contributed by atoms with Crippen LogP contribution in [-0.2, 0) is 24.2 Å². The number of nitrogens with one attached hydrogen (secondary N) is 2. The third-order valence-electron chi connectivity index (χ3n) is 4.59. The summed E-state index contributed by atoms with van der Waals surface area (Å²) in [7, 11) is 1.51. The number of carbonyl (C=O) groups excluding carboxylic acids is 1. The van der Waals surface area contributed by atoms with Crippen LogP contribution < -0.4 is 15.4 Å². The Balaban J connectivity index is 1.58. The fourth-order valence-corrected chi connectivity index (χ4v) is 3.28. The minimum atomic E-state index is -0.317. The Morgan fingerprint density at radius 2 is 2.09 bits per heavy atom. The predicted molar refractivity (Wildman–Crippen MR) is 119 cm³/mol. The highest BCUT2D eigenvalue weighted by Crippen LogP contribution is 2.31. The molecule has 0 aliphatic heterocycles. The van der Waals surface area contributed by atoms with Gasteiger partial charge in [-0.3, -0.25) is 9.78 Å². The number of ether oxygens (including phenoxy) is 1. The Hall–Kier alpha value is -3.54. The minimum absolute atomic E-state index is 0.00870. The van der Waals surface area contributed by atoms with Crippen LogP contribution in [0.25, 0.3) is 0 Å². The molecule has 0 aliphatic carbocycles. The van der Waals surface area contributed by atoms with Gasteiger partial charge in [-0.15, -0.1) is 0 Å². The number of rotatable bonds is 9. The summed E-state index contributed by atoms with van der Waals surface area (Å²) >= 11 is 6.41.